The van der Waals surface area contributed by atoms with Crippen LogP contribution >= 0.6 is 11.3 Å². The molecule has 3 nitrogen and oxygen atoms in total. The van der Waals surface area contributed by atoms with Gasteiger partial charge >= 0.3 is 0 Å². The minimum atomic E-state index is 0.136. The van der Waals surface area contributed by atoms with Crippen LogP contribution in [0.3, 0.4) is 0 Å². The first-order valence-electron chi connectivity index (χ1n) is 7.87. The number of rotatable bonds is 8. The maximum Gasteiger partial charge on any atom is 0.122 e. The highest BCUT2D eigenvalue weighted by Gasteiger charge is 2.25. The fraction of sp³-hybridized carbons (Fsp3) is 0.812. The summed E-state index contributed by atoms with van der Waals surface area (Å²) >= 11 is 1.84. The smallest absolute Gasteiger partial charge is 0.122 e. The Hall–Kier alpha value is -0.450. The topological polar surface area (TPSA) is 34.1 Å². The van der Waals surface area contributed by atoms with E-state index in [-0.39, 0.29) is 6.10 Å². The molecule has 0 aromatic carbocycles. The van der Waals surface area contributed by atoms with Crippen molar-refractivity contribution in [2.24, 2.45) is 5.92 Å². The predicted molar refractivity (Wildman–Crippen MR) is 85.3 cm³/mol. The van der Waals surface area contributed by atoms with Gasteiger partial charge in [-0.1, -0.05) is 27.7 Å². The van der Waals surface area contributed by atoms with Gasteiger partial charge in [0.15, 0.2) is 0 Å². The van der Waals surface area contributed by atoms with Crippen molar-refractivity contribution in [3.8, 4) is 0 Å². The number of ether oxygens (including phenoxy) is 1. The molecule has 0 saturated heterocycles. The lowest BCUT2D eigenvalue weighted by molar-refractivity contribution is 0.0292. The summed E-state index contributed by atoms with van der Waals surface area (Å²) in [5.74, 6) is 0.941. The first-order chi connectivity index (χ1) is 9.52. The van der Waals surface area contributed by atoms with Crippen LogP contribution in [0.15, 0.2) is 0 Å². The molecule has 4 heteroatoms. The van der Waals surface area contributed by atoms with Gasteiger partial charge in [0.25, 0.3) is 0 Å². The van der Waals surface area contributed by atoms with Crippen LogP contribution in [0.1, 0.15) is 75.1 Å². The Morgan fingerprint density at radius 2 is 2.00 bits per heavy atom. The molecule has 1 aliphatic carbocycles. The van der Waals surface area contributed by atoms with Gasteiger partial charge in [-0.05, 0) is 31.6 Å². The molecular formula is C16H28N2OS. The molecule has 0 aliphatic heterocycles. The lowest BCUT2D eigenvalue weighted by Gasteiger charge is -2.18. The lowest BCUT2D eigenvalue weighted by atomic mass is 10.1. The van der Waals surface area contributed by atoms with Crippen molar-refractivity contribution >= 4 is 11.3 Å². The minimum Gasteiger partial charge on any atom is -0.371 e. The van der Waals surface area contributed by atoms with Crippen LogP contribution in [-0.2, 0) is 11.3 Å². The molecule has 1 saturated carbocycles. The van der Waals surface area contributed by atoms with E-state index in [1.54, 1.807) is 0 Å². The molecule has 0 spiro atoms. The molecule has 1 heterocycles. The summed E-state index contributed by atoms with van der Waals surface area (Å²) in [6.45, 7) is 12.6. The van der Waals surface area contributed by atoms with Gasteiger partial charge in [0.2, 0.25) is 0 Å². The first-order valence-corrected chi connectivity index (χ1v) is 8.69. The maximum atomic E-state index is 5.90. The van der Waals surface area contributed by atoms with Gasteiger partial charge < -0.3 is 10.1 Å². The third-order valence-corrected chi connectivity index (χ3v) is 4.75. The zero-order valence-corrected chi connectivity index (χ0v) is 14.2. The van der Waals surface area contributed by atoms with E-state index in [1.165, 1.54) is 23.4 Å². The third-order valence-electron chi connectivity index (χ3n) is 3.61. The Balaban J connectivity index is 2.17. The molecule has 1 aromatic heterocycles. The van der Waals surface area contributed by atoms with Crippen LogP contribution in [0.2, 0.25) is 0 Å². The van der Waals surface area contributed by atoms with E-state index in [0.29, 0.717) is 11.8 Å². The second kappa shape index (κ2) is 7.01. The van der Waals surface area contributed by atoms with Gasteiger partial charge in [0.1, 0.15) is 11.1 Å². The van der Waals surface area contributed by atoms with E-state index in [0.717, 1.165) is 24.2 Å². The average molecular weight is 296 g/mol. The largest absolute Gasteiger partial charge is 0.371 e. The van der Waals surface area contributed by atoms with Gasteiger partial charge in [0, 0.05) is 24.1 Å². The van der Waals surface area contributed by atoms with E-state index in [4.69, 9.17) is 9.72 Å². The van der Waals surface area contributed by atoms with Crippen molar-refractivity contribution in [3.63, 3.8) is 0 Å². The van der Waals surface area contributed by atoms with Gasteiger partial charge in [-0.2, -0.15) is 0 Å². The van der Waals surface area contributed by atoms with Crippen molar-refractivity contribution < 1.29 is 4.74 Å². The lowest BCUT2D eigenvalue weighted by Crippen LogP contribution is -2.15. The Bertz CT molecular complexity index is 424. The third kappa shape index (κ3) is 4.03. The number of aromatic nitrogens is 1. The van der Waals surface area contributed by atoms with Crippen molar-refractivity contribution in [1.82, 2.24) is 10.3 Å². The molecule has 1 N–H and O–H groups in total. The molecule has 0 amide bonds. The van der Waals surface area contributed by atoms with Crippen molar-refractivity contribution in [2.75, 3.05) is 6.61 Å². The van der Waals surface area contributed by atoms with Crippen molar-refractivity contribution in [2.45, 2.75) is 72.1 Å². The second-order valence-electron chi connectivity index (χ2n) is 6.29. The van der Waals surface area contributed by atoms with Crippen molar-refractivity contribution in [3.05, 3.63) is 15.6 Å². The molecule has 114 valence electrons. The number of nitrogens with one attached hydrogen (secondary N) is 1. The van der Waals surface area contributed by atoms with E-state index in [9.17, 15) is 0 Å². The van der Waals surface area contributed by atoms with Crippen LogP contribution < -0.4 is 5.32 Å². The fourth-order valence-corrected chi connectivity index (χ4v) is 3.73. The number of hydrogen-bond donors (Lipinski definition) is 1. The van der Waals surface area contributed by atoms with Crippen LogP contribution in [-0.4, -0.2) is 17.6 Å². The van der Waals surface area contributed by atoms with Crippen LogP contribution in [0.5, 0.6) is 0 Å². The molecule has 1 aliphatic rings. The summed E-state index contributed by atoms with van der Waals surface area (Å²) in [7, 11) is 0. The maximum absolute atomic E-state index is 5.90. The molecule has 1 aromatic rings. The molecule has 1 atom stereocenters. The summed E-state index contributed by atoms with van der Waals surface area (Å²) in [4.78, 5) is 6.30. The molecule has 0 radical (unpaired) electrons. The summed E-state index contributed by atoms with van der Waals surface area (Å²) < 4.78 is 5.90. The number of nitrogens with zero attached hydrogens (tertiary/aromatic N) is 1. The Morgan fingerprint density at radius 3 is 2.50 bits per heavy atom. The second-order valence-corrected chi connectivity index (χ2v) is 7.41. The highest BCUT2D eigenvalue weighted by atomic mass is 32.1. The normalized spacial score (nSPS) is 17.1. The minimum absolute atomic E-state index is 0.136. The van der Waals surface area contributed by atoms with E-state index in [1.807, 2.05) is 11.3 Å². The summed E-state index contributed by atoms with van der Waals surface area (Å²) in [5.41, 5.74) is 1.25. The quantitative estimate of drug-likeness (QED) is 0.778. The molecular weight excluding hydrogens is 268 g/mol. The number of thiazole rings is 1. The van der Waals surface area contributed by atoms with E-state index in [2.05, 4.69) is 39.9 Å². The van der Waals surface area contributed by atoms with E-state index >= 15 is 0 Å². The van der Waals surface area contributed by atoms with Crippen LogP contribution in [0, 0.1) is 5.92 Å². The summed E-state index contributed by atoms with van der Waals surface area (Å²) in [6.07, 6.45) is 2.80. The van der Waals surface area contributed by atoms with Crippen LogP contribution in [0.4, 0.5) is 0 Å². The molecule has 2 rings (SSSR count). The average Bonchev–Trinajstić information content (AvgIpc) is 3.12. The Morgan fingerprint density at radius 1 is 1.30 bits per heavy atom. The predicted octanol–water partition coefficient (Wildman–Crippen LogP) is 4.25. The van der Waals surface area contributed by atoms with Crippen molar-refractivity contribution in [1.29, 1.82) is 0 Å². The van der Waals surface area contributed by atoms with Gasteiger partial charge in [-0.3, -0.25) is 0 Å². The van der Waals surface area contributed by atoms with Gasteiger partial charge in [0.05, 0.1) is 5.69 Å². The molecule has 1 fully saturated rings. The van der Waals surface area contributed by atoms with Gasteiger partial charge in [-0.25, -0.2) is 4.98 Å². The monoisotopic (exact) mass is 296 g/mol. The molecule has 20 heavy (non-hydrogen) atoms. The fourth-order valence-electron chi connectivity index (χ4n) is 2.33. The Kier molecular flexibility index (Phi) is 5.58. The molecule has 1 unspecified atom stereocenters. The zero-order chi connectivity index (χ0) is 14.7. The molecule has 0 bridgehead atoms. The van der Waals surface area contributed by atoms with Gasteiger partial charge in [-0.15, -0.1) is 11.3 Å². The summed E-state index contributed by atoms with van der Waals surface area (Å²) in [6, 6.07) is 0.744. The zero-order valence-electron chi connectivity index (χ0n) is 13.4. The number of hydrogen-bond acceptors (Lipinski definition) is 4. The summed E-state index contributed by atoms with van der Waals surface area (Å²) in [5, 5.41) is 4.76. The Labute approximate surface area is 127 Å². The first kappa shape index (κ1) is 15.9. The standard InChI is InChI=1S/C16H28N2OS/c1-6-19-15(11(4)5)16-18-14(10(2)3)13(20-16)9-17-12-7-8-12/h10-12,15,17H,6-9H2,1-5H3. The highest BCUT2D eigenvalue weighted by molar-refractivity contribution is 7.11. The van der Waals surface area contributed by atoms with Crippen LogP contribution in [0.25, 0.3) is 0 Å². The van der Waals surface area contributed by atoms with E-state index < -0.39 is 0 Å². The SMILES string of the molecule is CCOC(c1nc(C(C)C)c(CNC2CC2)s1)C(C)C. The highest BCUT2D eigenvalue weighted by Crippen LogP contribution is 2.34.